The van der Waals surface area contributed by atoms with Gasteiger partial charge in [-0.25, -0.2) is 4.79 Å². The third-order valence-electron chi connectivity index (χ3n) is 3.99. The van der Waals surface area contributed by atoms with Crippen LogP contribution in [0.15, 0.2) is 30.3 Å². The fraction of sp³-hybridized carbons (Fsp3) is 0.611. The Balaban J connectivity index is 1.92. The maximum absolute atomic E-state index is 12.1. The van der Waals surface area contributed by atoms with Gasteiger partial charge >= 0.3 is 6.09 Å². The van der Waals surface area contributed by atoms with E-state index in [4.69, 9.17) is 9.47 Å². The molecule has 0 bridgehead atoms. The molecule has 1 aliphatic rings. The quantitative estimate of drug-likeness (QED) is 0.848. The lowest BCUT2D eigenvalue weighted by molar-refractivity contribution is -0.171. The van der Waals surface area contributed by atoms with Crippen molar-refractivity contribution in [2.75, 3.05) is 13.1 Å². The second-order valence-electron chi connectivity index (χ2n) is 7.33. The van der Waals surface area contributed by atoms with Crippen molar-refractivity contribution in [2.24, 2.45) is 5.92 Å². The first kappa shape index (κ1) is 16.8. The zero-order chi connectivity index (χ0) is 16.4. The van der Waals surface area contributed by atoms with Crippen LogP contribution >= 0.6 is 0 Å². The molecule has 4 heteroatoms. The highest BCUT2D eigenvalue weighted by molar-refractivity contribution is 5.69. The minimum atomic E-state index is -0.460. The van der Waals surface area contributed by atoms with Crippen molar-refractivity contribution in [1.29, 1.82) is 0 Å². The summed E-state index contributed by atoms with van der Waals surface area (Å²) >= 11 is 0. The molecule has 0 unspecified atom stereocenters. The summed E-state index contributed by atoms with van der Waals surface area (Å²) in [6.07, 6.45) is -0.257. The molecular formula is C18H27NO3. The summed E-state index contributed by atoms with van der Waals surface area (Å²) in [5.74, 6) is 0.342. The van der Waals surface area contributed by atoms with Crippen LogP contribution in [0.4, 0.5) is 4.79 Å². The average molecular weight is 305 g/mol. The molecule has 0 aromatic heterocycles. The number of amides is 1. The second kappa shape index (κ2) is 6.29. The summed E-state index contributed by atoms with van der Waals surface area (Å²) in [6.45, 7) is 11.7. The molecule has 0 aliphatic carbocycles. The van der Waals surface area contributed by atoms with Crippen LogP contribution in [0.5, 0.6) is 0 Å². The third-order valence-corrected chi connectivity index (χ3v) is 3.99. The van der Waals surface area contributed by atoms with Gasteiger partial charge in [-0.15, -0.1) is 0 Å². The molecule has 1 aromatic rings. The Kier molecular flexibility index (Phi) is 4.81. The van der Waals surface area contributed by atoms with Gasteiger partial charge in [0.2, 0.25) is 0 Å². The fourth-order valence-electron chi connectivity index (χ4n) is 2.48. The summed E-state index contributed by atoms with van der Waals surface area (Å²) in [6, 6.07) is 10.1. The van der Waals surface area contributed by atoms with E-state index in [0.717, 1.165) is 5.56 Å². The first-order chi connectivity index (χ1) is 10.2. The molecule has 2 rings (SSSR count). The van der Waals surface area contributed by atoms with E-state index in [1.807, 2.05) is 39.0 Å². The van der Waals surface area contributed by atoms with E-state index in [-0.39, 0.29) is 11.7 Å². The summed E-state index contributed by atoms with van der Waals surface area (Å²) < 4.78 is 11.6. The van der Waals surface area contributed by atoms with Gasteiger partial charge in [0.05, 0.1) is 19.7 Å². The topological polar surface area (TPSA) is 38.8 Å². The Morgan fingerprint density at radius 3 is 2.32 bits per heavy atom. The fourth-order valence-corrected chi connectivity index (χ4v) is 2.48. The van der Waals surface area contributed by atoms with Gasteiger partial charge in [-0.1, -0.05) is 44.2 Å². The Bertz CT molecular complexity index is 499. The van der Waals surface area contributed by atoms with Crippen molar-refractivity contribution < 1.29 is 14.3 Å². The number of hydrogen-bond donors (Lipinski definition) is 0. The number of carbonyl (C=O) groups excluding carboxylic acids is 1. The molecule has 0 N–H and O–H groups in total. The molecule has 1 saturated heterocycles. The van der Waals surface area contributed by atoms with Crippen molar-refractivity contribution >= 4 is 6.09 Å². The molecule has 0 radical (unpaired) electrons. The highest BCUT2D eigenvalue weighted by Crippen LogP contribution is 2.34. The Morgan fingerprint density at radius 1 is 1.23 bits per heavy atom. The molecule has 22 heavy (non-hydrogen) atoms. The van der Waals surface area contributed by atoms with E-state index in [1.54, 1.807) is 4.90 Å². The smallest absolute Gasteiger partial charge is 0.410 e. The molecule has 1 amide bonds. The lowest BCUT2D eigenvalue weighted by Crippen LogP contribution is -2.67. The van der Waals surface area contributed by atoms with E-state index in [9.17, 15) is 4.79 Å². The number of rotatable bonds is 4. The van der Waals surface area contributed by atoms with E-state index in [0.29, 0.717) is 25.6 Å². The summed E-state index contributed by atoms with van der Waals surface area (Å²) in [5, 5.41) is 0. The van der Waals surface area contributed by atoms with Crippen molar-refractivity contribution in [3.05, 3.63) is 35.9 Å². The van der Waals surface area contributed by atoms with Crippen molar-refractivity contribution in [3.63, 3.8) is 0 Å². The van der Waals surface area contributed by atoms with Gasteiger partial charge in [0, 0.05) is 0 Å². The van der Waals surface area contributed by atoms with E-state index in [2.05, 4.69) is 26.0 Å². The first-order valence-electron chi connectivity index (χ1n) is 7.88. The maximum atomic E-state index is 12.1. The zero-order valence-electron chi connectivity index (χ0n) is 14.3. The molecular weight excluding hydrogens is 278 g/mol. The van der Waals surface area contributed by atoms with Crippen LogP contribution in [0.2, 0.25) is 0 Å². The summed E-state index contributed by atoms with van der Waals surface area (Å²) in [7, 11) is 0. The molecule has 1 aromatic carbocycles. The predicted octanol–water partition coefficient (Wildman–Crippen LogP) is 3.85. The molecule has 1 heterocycles. The lowest BCUT2D eigenvalue weighted by atomic mass is 9.83. The third kappa shape index (κ3) is 4.01. The van der Waals surface area contributed by atoms with Crippen LogP contribution in [0.25, 0.3) is 0 Å². The van der Waals surface area contributed by atoms with Crippen molar-refractivity contribution in [1.82, 2.24) is 4.90 Å². The average Bonchev–Trinajstić information content (AvgIpc) is 2.36. The van der Waals surface area contributed by atoms with E-state index in [1.165, 1.54) is 0 Å². The first-order valence-corrected chi connectivity index (χ1v) is 7.88. The molecule has 4 nitrogen and oxygen atoms in total. The molecule has 122 valence electrons. The SMILES string of the molecule is CC(C)C1(OCc2ccccc2)CN(C(=O)OC(C)(C)C)C1. The number of carbonyl (C=O) groups is 1. The van der Waals surface area contributed by atoms with E-state index >= 15 is 0 Å². The van der Waals surface area contributed by atoms with Crippen LogP contribution in [0.3, 0.4) is 0 Å². The van der Waals surface area contributed by atoms with Crippen LogP contribution < -0.4 is 0 Å². The molecule has 0 atom stereocenters. The summed E-state index contributed by atoms with van der Waals surface area (Å²) in [4.78, 5) is 13.8. The number of ether oxygens (including phenoxy) is 2. The van der Waals surface area contributed by atoms with Crippen LogP contribution in [-0.2, 0) is 16.1 Å². The molecule has 0 spiro atoms. The number of benzene rings is 1. The van der Waals surface area contributed by atoms with Gasteiger partial charge in [-0.3, -0.25) is 0 Å². The molecule has 0 saturated carbocycles. The van der Waals surface area contributed by atoms with Crippen LogP contribution in [-0.4, -0.2) is 35.3 Å². The van der Waals surface area contributed by atoms with Gasteiger partial charge in [0.1, 0.15) is 11.2 Å². The van der Waals surface area contributed by atoms with E-state index < -0.39 is 5.60 Å². The van der Waals surface area contributed by atoms with Gasteiger partial charge in [-0.05, 0) is 32.3 Å². The maximum Gasteiger partial charge on any atom is 0.410 e. The Labute approximate surface area is 133 Å². The number of nitrogens with zero attached hydrogens (tertiary/aromatic N) is 1. The summed E-state index contributed by atoms with van der Waals surface area (Å²) in [5.41, 5.74) is 0.420. The van der Waals surface area contributed by atoms with Gasteiger partial charge < -0.3 is 14.4 Å². The van der Waals surface area contributed by atoms with Crippen LogP contribution in [0, 0.1) is 5.92 Å². The monoisotopic (exact) mass is 305 g/mol. The highest BCUT2D eigenvalue weighted by Gasteiger charge is 2.49. The minimum Gasteiger partial charge on any atom is -0.444 e. The highest BCUT2D eigenvalue weighted by atomic mass is 16.6. The van der Waals surface area contributed by atoms with Gasteiger partial charge in [0.15, 0.2) is 0 Å². The van der Waals surface area contributed by atoms with Gasteiger partial charge in [-0.2, -0.15) is 0 Å². The van der Waals surface area contributed by atoms with Crippen molar-refractivity contribution in [2.45, 2.75) is 52.4 Å². The Morgan fingerprint density at radius 2 is 1.82 bits per heavy atom. The zero-order valence-corrected chi connectivity index (χ0v) is 14.3. The standard InChI is InChI=1S/C18H27NO3/c1-14(2)18(21-11-15-9-7-6-8-10-15)12-19(13-18)16(20)22-17(3,4)5/h6-10,14H,11-13H2,1-5H3. The molecule has 1 aliphatic heterocycles. The molecule has 1 fully saturated rings. The lowest BCUT2D eigenvalue weighted by Gasteiger charge is -2.51. The van der Waals surface area contributed by atoms with Crippen molar-refractivity contribution in [3.8, 4) is 0 Å². The predicted molar refractivity (Wildman–Crippen MR) is 86.6 cm³/mol. The van der Waals surface area contributed by atoms with Gasteiger partial charge in [0.25, 0.3) is 0 Å². The number of hydrogen-bond acceptors (Lipinski definition) is 3. The second-order valence-corrected chi connectivity index (χ2v) is 7.33. The minimum absolute atomic E-state index is 0.257. The Hall–Kier alpha value is -1.55. The largest absolute Gasteiger partial charge is 0.444 e. The van der Waals surface area contributed by atoms with Crippen LogP contribution in [0.1, 0.15) is 40.2 Å². The number of likely N-dealkylation sites (tertiary alicyclic amines) is 1. The normalized spacial score (nSPS) is 17.3.